The minimum atomic E-state index is -0.222. The number of hydrogen-bond acceptors (Lipinski definition) is 9. The number of fused-ring (bicyclic) bond motifs is 1. The molecule has 284 valence electrons. The summed E-state index contributed by atoms with van der Waals surface area (Å²) in [6, 6.07) is 15.5. The van der Waals surface area contributed by atoms with Crippen LogP contribution in [0.4, 0.5) is 11.8 Å². The summed E-state index contributed by atoms with van der Waals surface area (Å²) in [4.78, 5) is 58.2. The molecule has 12 nitrogen and oxygen atoms in total. The Hall–Kier alpha value is -4.68. The van der Waals surface area contributed by atoms with E-state index in [0.29, 0.717) is 42.3 Å². The molecule has 3 amide bonds. The summed E-state index contributed by atoms with van der Waals surface area (Å²) < 4.78 is 2.13. The van der Waals surface area contributed by atoms with Gasteiger partial charge < -0.3 is 24.6 Å². The number of carbonyl (C=O) groups is 3. The van der Waals surface area contributed by atoms with Gasteiger partial charge in [-0.3, -0.25) is 19.7 Å². The fraction of sp³-hybridized carbons (Fsp3) is 0.524. The molecule has 3 aromatic heterocycles. The number of amides is 3. The topological polar surface area (TPSA) is 129 Å². The second kappa shape index (κ2) is 16.0. The highest BCUT2D eigenvalue weighted by atomic mass is 16.2. The lowest BCUT2D eigenvalue weighted by Crippen LogP contribution is -2.47. The molecule has 8 rings (SSSR count). The fourth-order valence-electron chi connectivity index (χ4n) is 9.19. The lowest BCUT2D eigenvalue weighted by molar-refractivity contribution is -0.134. The van der Waals surface area contributed by atoms with Crippen LogP contribution in [0.25, 0.3) is 11.0 Å². The number of piperidine rings is 3. The van der Waals surface area contributed by atoms with Gasteiger partial charge in [0.2, 0.25) is 17.8 Å². The summed E-state index contributed by atoms with van der Waals surface area (Å²) in [5.41, 5.74) is 5.05. The average molecular weight is 732 g/mol. The number of pyridine rings is 1. The maximum absolute atomic E-state index is 13.1. The van der Waals surface area contributed by atoms with E-state index in [1.54, 1.807) is 25.2 Å². The molecular weight excluding hydrogens is 679 g/mol. The molecule has 4 aliphatic rings. The molecule has 1 unspecified atom stereocenters. The SMILES string of the molecule is CN(C)C(=O)c1cc2cnc(Nc3ccc(CCN4CCC(N5CCC(c6cccc(C7CCC(=O)NC7=O)c6)CC5)CC4)cn3)nc2n1C1CCCC1. The smallest absolute Gasteiger partial charge is 0.270 e. The highest BCUT2D eigenvalue weighted by molar-refractivity contribution is 6.01. The second-order valence-electron chi connectivity index (χ2n) is 16.0. The highest BCUT2D eigenvalue weighted by Crippen LogP contribution is 2.36. The molecule has 0 radical (unpaired) electrons. The van der Waals surface area contributed by atoms with E-state index in [2.05, 4.69) is 54.2 Å². The first-order chi connectivity index (χ1) is 26.3. The van der Waals surface area contributed by atoms with Gasteiger partial charge in [-0.25, -0.2) is 9.97 Å². The van der Waals surface area contributed by atoms with Crippen LogP contribution in [0.1, 0.15) is 109 Å². The molecule has 1 atom stereocenters. The Bertz CT molecular complexity index is 1970. The van der Waals surface area contributed by atoms with E-state index in [1.807, 2.05) is 24.4 Å². The number of likely N-dealkylation sites (tertiary alicyclic amines) is 2. The number of rotatable bonds is 10. The van der Waals surface area contributed by atoms with Crippen molar-refractivity contribution in [3.63, 3.8) is 0 Å². The van der Waals surface area contributed by atoms with Gasteiger partial charge in [0.25, 0.3) is 5.91 Å². The number of aromatic nitrogens is 4. The third kappa shape index (κ3) is 7.91. The normalized spacial score (nSPS) is 21.1. The Morgan fingerprint density at radius 2 is 1.65 bits per heavy atom. The number of anilines is 2. The quantitative estimate of drug-likeness (QED) is 0.195. The number of nitrogens with one attached hydrogen (secondary N) is 2. The molecule has 1 aliphatic carbocycles. The molecule has 1 aromatic carbocycles. The van der Waals surface area contributed by atoms with Crippen LogP contribution >= 0.6 is 0 Å². The van der Waals surface area contributed by atoms with E-state index in [4.69, 9.17) is 9.97 Å². The summed E-state index contributed by atoms with van der Waals surface area (Å²) in [7, 11) is 3.58. The third-order valence-electron chi connectivity index (χ3n) is 12.3. The lowest BCUT2D eigenvalue weighted by atomic mass is 9.84. The predicted octanol–water partition coefficient (Wildman–Crippen LogP) is 5.79. The first kappa shape index (κ1) is 36.3. The average Bonchev–Trinajstić information content (AvgIpc) is 3.86. The van der Waals surface area contributed by atoms with Crippen LogP contribution in [0.5, 0.6) is 0 Å². The van der Waals surface area contributed by atoms with E-state index in [9.17, 15) is 14.4 Å². The first-order valence-electron chi connectivity index (χ1n) is 20.0. The van der Waals surface area contributed by atoms with Crippen LogP contribution in [0.15, 0.2) is 54.9 Å². The first-order valence-corrected chi connectivity index (χ1v) is 20.0. The minimum absolute atomic E-state index is 0.0130. The number of carbonyl (C=O) groups excluding carboxylic acids is 3. The molecule has 3 aliphatic heterocycles. The number of imide groups is 1. The van der Waals surface area contributed by atoms with Gasteiger partial charge in [0, 0.05) is 56.9 Å². The number of benzene rings is 1. The lowest BCUT2D eigenvalue weighted by Gasteiger charge is -2.42. The summed E-state index contributed by atoms with van der Waals surface area (Å²) in [6.45, 7) is 5.51. The van der Waals surface area contributed by atoms with Crippen LogP contribution in [0.2, 0.25) is 0 Å². The van der Waals surface area contributed by atoms with Crippen molar-refractivity contribution in [2.24, 2.45) is 0 Å². The Labute approximate surface area is 317 Å². The molecule has 6 heterocycles. The predicted molar refractivity (Wildman–Crippen MR) is 209 cm³/mol. The molecule has 12 heteroatoms. The molecular formula is C42H53N9O3. The zero-order valence-corrected chi connectivity index (χ0v) is 31.7. The number of nitrogens with zero attached hydrogens (tertiary/aromatic N) is 7. The second-order valence-corrected chi connectivity index (χ2v) is 16.0. The van der Waals surface area contributed by atoms with Gasteiger partial charge >= 0.3 is 0 Å². The van der Waals surface area contributed by atoms with Crippen LogP contribution in [0, 0.1) is 0 Å². The maximum atomic E-state index is 13.1. The molecule has 1 saturated carbocycles. The highest BCUT2D eigenvalue weighted by Gasteiger charge is 2.31. The van der Waals surface area contributed by atoms with E-state index in [1.165, 1.54) is 36.8 Å². The zero-order valence-electron chi connectivity index (χ0n) is 31.7. The van der Waals surface area contributed by atoms with Gasteiger partial charge in [0.1, 0.15) is 17.2 Å². The monoisotopic (exact) mass is 731 g/mol. The summed E-state index contributed by atoms with van der Waals surface area (Å²) in [6.07, 6.45) is 14.9. The van der Waals surface area contributed by atoms with Crippen molar-refractivity contribution in [1.82, 2.24) is 39.5 Å². The van der Waals surface area contributed by atoms with Crippen molar-refractivity contribution in [2.75, 3.05) is 52.1 Å². The summed E-state index contributed by atoms with van der Waals surface area (Å²) >= 11 is 0. The maximum Gasteiger partial charge on any atom is 0.270 e. The largest absolute Gasteiger partial charge is 0.343 e. The van der Waals surface area contributed by atoms with E-state index >= 15 is 0 Å². The molecule has 4 aromatic rings. The fourth-order valence-corrected chi connectivity index (χ4v) is 9.19. The van der Waals surface area contributed by atoms with Crippen molar-refractivity contribution in [2.45, 2.75) is 94.5 Å². The molecule has 2 N–H and O–H groups in total. The Balaban J connectivity index is 0.800. The van der Waals surface area contributed by atoms with Crippen molar-refractivity contribution in [1.29, 1.82) is 0 Å². The van der Waals surface area contributed by atoms with Gasteiger partial charge in [0.05, 0.1) is 5.92 Å². The van der Waals surface area contributed by atoms with Crippen LogP contribution in [-0.2, 0) is 16.0 Å². The van der Waals surface area contributed by atoms with Crippen molar-refractivity contribution in [3.05, 3.63) is 77.2 Å². The molecule has 0 bridgehead atoms. The third-order valence-corrected chi connectivity index (χ3v) is 12.3. The Morgan fingerprint density at radius 3 is 2.37 bits per heavy atom. The van der Waals surface area contributed by atoms with Crippen LogP contribution in [0.3, 0.4) is 0 Å². The zero-order chi connectivity index (χ0) is 37.2. The van der Waals surface area contributed by atoms with E-state index in [0.717, 1.165) is 81.4 Å². The molecule has 54 heavy (non-hydrogen) atoms. The standard InChI is InChI=1S/C42H53N9O3/c1-48(2)41(54)36-25-32-27-44-42(47-39(32)51(36)34-8-3-4-9-34)45-37-12-10-28(26-43-37)14-19-49-20-17-33(18-21-49)50-22-15-29(16-23-50)30-6-5-7-31(24-30)35-11-13-38(52)46-40(35)53/h5-7,10,12,24-27,29,33-35H,3-4,8-9,11,13-23H2,1-2H3,(H,46,52,53)(H,43,44,45,47). The minimum Gasteiger partial charge on any atom is -0.343 e. The van der Waals surface area contributed by atoms with Crippen LogP contribution < -0.4 is 10.6 Å². The van der Waals surface area contributed by atoms with Gasteiger partial charge in [-0.1, -0.05) is 43.2 Å². The molecule has 4 fully saturated rings. The van der Waals surface area contributed by atoms with Gasteiger partial charge in [-0.15, -0.1) is 0 Å². The summed E-state index contributed by atoms with van der Waals surface area (Å²) in [5, 5.41) is 6.68. The van der Waals surface area contributed by atoms with Crippen molar-refractivity contribution >= 4 is 40.5 Å². The Morgan fingerprint density at radius 1 is 0.870 bits per heavy atom. The Kier molecular flexibility index (Phi) is 10.7. The molecule has 0 spiro atoms. The van der Waals surface area contributed by atoms with Gasteiger partial charge in [0.15, 0.2) is 0 Å². The van der Waals surface area contributed by atoms with Gasteiger partial charge in [-0.05, 0) is 112 Å². The molecule has 3 saturated heterocycles. The summed E-state index contributed by atoms with van der Waals surface area (Å²) in [5.74, 6) is 1.14. The van der Waals surface area contributed by atoms with Crippen molar-refractivity contribution in [3.8, 4) is 0 Å². The van der Waals surface area contributed by atoms with E-state index < -0.39 is 0 Å². The number of hydrogen-bond donors (Lipinski definition) is 2. The van der Waals surface area contributed by atoms with E-state index in [-0.39, 0.29) is 29.7 Å². The van der Waals surface area contributed by atoms with Crippen LogP contribution in [-0.4, -0.2) is 105 Å². The van der Waals surface area contributed by atoms with Gasteiger partial charge in [-0.2, -0.15) is 4.98 Å². The van der Waals surface area contributed by atoms with Crippen molar-refractivity contribution < 1.29 is 14.4 Å².